The number of aromatic nitrogens is 3. The van der Waals surface area contributed by atoms with Gasteiger partial charge in [0, 0.05) is 17.5 Å². The van der Waals surface area contributed by atoms with Gasteiger partial charge < -0.3 is 14.4 Å². The monoisotopic (exact) mass is 283 g/mol. The highest BCUT2D eigenvalue weighted by molar-refractivity contribution is 5.59. The van der Waals surface area contributed by atoms with Crippen LogP contribution in [0.1, 0.15) is 11.5 Å². The normalized spacial score (nSPS) is 10.5. The van der Waals surface area contributed by atoms with Gasteiger partial charge in [0.2, 0.25) is 0 Å². The Morgan fingerprint density at radius 2 is 2.14 bits per heavy atom. The van der Waals surface area contributed by atoms with Crippen LogP contribution in [0.15, 0.2) is 47.1 Å². The van der Waals surface area contributed by atoms with Crippen LogP contribution in [0.5, 0.6) is 11.5 Å². The molecule has 0 atom stereocenters. The maximum Gasteiger partial charge on any atom is 0.258 e. The standard InChI is InChI=1S/C15H13N3O3/c1-20-13-6-5-10(8-12(13)19)15-17-14(18-21-15)9-11-4-2-3-7-16-11/h2-8,19H,9H2,1H3. The summed E-state index contributed by atoms with van der Waals surface area (Å²) in [4.78, 5) is 8.52. The molecule has 6 heteroatoms. The second-order valence-electron chi connectivity index (χ2n) is 4.40. The van der Waals surface area contributed by atoms with E-state index in [-0.39, 0.29) is 5.75 Å². The smallest absolute Gasteiger partial charge is 0.258 e. The number of hydrogen-bond acceptors (Lipinski definition) is 6. The highest BCUT2D eigenvalue weighted by atomic mass is 16.5. The van der Waals surface area contributed by atoms with E-state index < -0.39 is 0 Å². The summed E-state index contributed by atoms with van der Waals surface area (Å²) in [5, 5.41) is 13.7. The van der Waals surface area contributed by atoms with E-state index >= 15 is 0 Å². The highest BCUT2D eigenvalue weighted by Gasteiger charge is 2.12. The minimum Gasteiger partial charge on any atom is -0.504 e. The topological polar surface area (TPSA) is 81.3 Å². The molecule has 6 nitrogen and oxygen atoms in total. The molecule has 3 aromatic rings. The first-order valence-electron chi connectivity index (χ1n) is 6.36. The van der Waals surface area contributed by atoms with Crippen molar-refractivity contribution in [3.63, 3.8) is 0 Å². The molecule has 2 heterocycles. The number of nitrogens with zero attached hydrogens (tertiary/aromatic N) is 3. The fourth-order valence-corrected chi connectivity index (χ4v) is 1.93. The van der Waals surface area contributed by atoms with E-state index in [1.165, 1.54) is 13.2 Å². The Bertz CT molecular complexity index is 741. The molecule has 0 radical (unpaired) electrons. The van der Waals surface area contributed by atoms with E-state index in [0.29, 0.717) is 29.4 Å². The lowest BCUT2D eigenvalue weighted by Gasteiger charge is -2.03. The average Bonchev–Trinajstić information content (AvgIpc) is 2.97. The van der Waals surface area contributed by atoms with Crippen molar-refractivity contribution >= 4 is 0 Å². The summed E-state index contributed by atoms with van der Waals surface area (Å²) >= 11 is 0. The molecule has 3 rings (SSSR count). The van der Waals surface area contributed by atoms with Gasteiger partial charge in [0.15, 0.2) is 17.3 Å². The van der Waals surface area contributed by atoms with Crippen LogP contribution in [0.4, 0.5) is 0 Å². The van der Waals surface area contributed by atoms with Gasteiger partial charge in [-0.3, -0.25) is 4.98 Å². The Morgan fingerprint density at radius 1 is 1.24 bits per heavy atom. The third-order valence-electron chi connectivity index (χ3n) is 2.96. The number of benzene rings is 1. The summed E-state index contributed by atoms with van der Waals surface area (Å²) < 4.78 is 10.2. The first-order chi connectivity index (χ1) is 10.3. The van der Waals surface area contributed by atoms with Crippen LogP contribution in [0.25, 0.3) is 11.5 Å². The van der Waals surface area contributed by atoms with Crippen molar-refractivity contribution in [3.8, 4) is 23.0 Å². The molecule has 0 aliphatic carbocycles. The first-order valence-corrected chi connectivity index (χ1v) is 6.36. The zero-order valence-corrected chi connectivity index (χ0v) is 11.4. The number of rotatable bonds is 4. The van der Waals surface area contributed by atoms with Crippen LogP contribution < -0.4 is 4.74 Å². The second-order valence-corrected chi connectivity index (χ2v) is 4.40. The van der Waals surface area contributed by atoms with Crippen molar-refractivity contribution in [2.45, 2.75) is 6.42 Å². The lowest BCUT2D eigenvalue weighted by molar-refractivity contribution is 0.373. The molecular weight excluding hydrogens is 270 g/mol. The van der Waals surface area contributed by atoms with Crippen molar-refractivity contribution in [1.82, 2.24) is 15.1 Å². The summed E-state index contributed by atoms with van der Waals surface area (Å²) in [6.45, 7) is 0. The second kappa shape index (κ2) is 5.62. The molecule has 2 aromatic heterocycles. The first kappa shape index (κ1) is 13.1. The van der Waals surface area contributed by atoms with Gasteiger partial charge >= 0.3 is 0 Å². The Hall–Kier alpha value is -2.89. The van der Waals surface area contributed by atoms with E-state index in [2.05, 4.69) is 15.1 Å². The zero-order valence-electron chi connectivity index (χ0n) is 11.4. The van der Waals surface area contributed by atoms with Gasteiger partial charge in [0.1, 0.15) is 0 Å². The van der Waals surface area contributed by atoms with Gasteiger partial charge in [-0.25, -0.2) is 0 Å². The summed E-state index contributed by atoms with van der Waals surface area (Å²) in [5.41, 5.74) is 1.50. The number of hydrogen-bond donors (Lipinski definition) is 1. The van der Waals surface area contributed by atoms with Gasteiger partial charge in [-0.15, -0.1) is 0 Å². The predicted octanol–water partition coefficient (Wildman–Crippen LogP) is 2.44. The molecular formula is C15H13N3O3. The summed E-state index contributed by atoms with van der Waals surface area (Å²) in [6.07, 6.45) is 2.21. The molecule has 1 aromatic carbocycles. The predicted molar refractivity (Wildman–Crippen MR) is 75.0 cm³/mol. The van der Waals surface area contributed by atoms with Crippen LogP contribution in [0.2, 0.25) is 0 Å². The van der Waals surface area contributed by atoms with Crippen molar-refractivity contribution in [2.24, 2.45) is 0 Å². The Labute approximate surface area is 121 Å². The molecule has 1 N–H and O–H groups in total. The third-order valence-corrected chi connectivity index (χ3v) is 2.96. The average molecular weight is 283 g/mol. The van der Waals surface area contributed by atoms with Gasteiger partial charge in [0.05, 0.1) is 13.5 Å². The lowest BCUT2D eigenvalue weighted by Crippen LogP contribution is -1.93. The zero-order chi connectivity index (χ0) is 14.7. The molecule has 0 saturated heterocycles. The molecule has 0 fully saturated rings. The van der Waals surface area contributed by atoms with Crippen molar-refractivity contribution in [3.05, 3.63) is 54.1 Å². The molecule has 0 aliphatic heterocycles. The lowest BCUT2D eigenvalue weighted by atomic mass is 10.2. The maximum atomic E-state index is 9.77. The molecule has 106 valence electrons. The number of methoxy groups -OCH3 is 1. The largest absolute Gasteiger partial charge is 0.504 e. The fraction of sp³-hybridized carbons (Fsp3) is 0.133. The van der Waals surface area contributed by atoms with E-state index in [4.69, 9.17) is 9.26 Å². The van der Waals surface area contributed by atoms with Gasteiger partial charge in [-0.2, -0.15) is 4.98 Å². The van der Waals surface area contributed by atoms with Crippen molar-refractivity contribution < 1.29 is 14.4 Å². The van der Waals surface area contributed by atoms with E-state index in [1.54, 1.807) is 18.3 Å². The fourth-order valence-electron chi connectivity index (χ4n) is 1.93. The number of aromatic hydroxyl groups is 1. The molecule has 0 unspecified atom stereocenters. The molecule has 0 spiro atoms. The summed E-state index contributed by atoms with van der Waals surface area (Å²) in [5.74, 6) is 1.31. The van der Waals surface area contributed by atoms with Gasteiger partial charge in [-0.05, 0) is 30.3 Å². The minimum absolute atomic E-state index is 0.0273. The Balaban J connectivity index is 1.83. The van der Waals surface area contributed by atoms with Crippen LogP contribution in [0.3, 0.4) is 0 Å². The van der Waals surface area contributed by atoms with E-state index in [1.807, 2.05) is 18.2 Å². The Kier molecular flexibility index (Phi) is 3.51. The molecule has 21 heavy (non-hydrogen) atoms. The maximum absolute atomic E-state index is 9.77. The van der Waals surface area contributed by atoms with E-state index in [0.717, 1.165) is 5.69 Å². The quantitative estimate of drug-likeness (QED) is 0.792. The number of ether oxygens (including phenoxy) is 1. The number of phenolic OH excluding ortho intramolecular Hbond substituents is 1. The molecule has 0 bridgehead atoms. The number of phenols is 1. The van der Waals surface area contributed by atoms with Crippen LogP contribution >= 0.6 is 0 Å². The van der Waals surface area contributed by atoms with Crippen LogP contribution in [-0.4, -0.2) is 27.3 Å². The van der Waals surface area contributed by atoms with Crippen molar-refractivity contribution in [1.29, 1.82) is 0 Å². The summed E-state index contributed by atoms with van der Waals surface area (Å²) in [6, 6.07) is 10.6. The Morgan fingerprint density at radius 3 is 2.86 bits per heavy atom. The van der Waals surface area contributed by atoms with Crippen LogP contribution in [-0.2, 0) is 6.42 Å². The third kappa shape index (κ3) is 2.84. The summed E-state index contributed by atoms with van der Waals surface area (Å²) in [7, 11) is 1.49. The van der Waals surface area contributed by atoms with Gasteiger partial charge in [-0.1, -0.05) is 11.2 Å². The molecule has 0 saturated carbocycles. The minimum atomic E-state index is 0.0273. The highest BCUT2D eigenvalue weighted by Crippen LogP contribution is 2.30. The SMILES string of the molecule is COc1ccc(-c2nc(Cc3ccccn3)no2)cc1O. The molecule has 0 amide bonds. The van der Waals surface area contributed by atoms with E-state index in [9.17, 15) is 5.11 Å². The number of pyridine rings is 1. The van der Waals surface area contributed by atoms with Crippen LogP contribution in [0, 0.1) is 0 Å². The molecule has 0 aliphatic rings. The van der Waals surface area contributed by atoms with Gasteiger partial charge in [0.25, 0.3) is 5.89 Å². The van der Waals surface area contributed by atoms with Crippen molar-refractivity contribution in [2.75, 3.05) is 7.11 Å².